The van der Waals surface area contributed by atoms with Crippen LogP contribution in [0, 0.1) is 29.1 Å². The van der Waals surface area contributed by atoms with Crippen LogP contribution in [0.5, 0.6) is 0 Å². The van der Waals surface area contributed by atoms with Crippen molar-refractivity contribution >= 4 is 17.5 Å². The lowest BCUT2D eigenvalue weighted by molar-refractivity contribution is -0.146. The summed E-state index contributed by atoms with van der Waals surface area (Å²) in [6.07, 6.45) is 8.56. The van der Waals surface area contributed by atoms with E-state index in [1.165, 1.54) is 19.3 Å². The summed E-state index contributed by atoms with van der Waals surface area (Å²) in [6, 6.07) is 0. The first-order chi connectivity index (χ1) is 9.47. The third kappa shape index (κ3) is 2.86. The Labute approximate surface area is 128 Å². The van der Waals surface area contributed by atoms with Gasteiger partial charge in [-0.15, -0.1) is 11.6 Å². The molecule has 0 saturated heterocycles. The first kappa shape index (κ1) is 14.7. The van der Waals surface area contributed by atoms with Crippen molar-refractivity contribution < 1.29 is 4.79 Å². The number of nitrogens with one attached hydrogen (secondary N) is 1. The van der Waals surface area contributed by atoms with Crippen LogP contribution in [0.2, 0.25) is 0 Å². The van der Waals surface area contributed by atoms with Crippen molar-refractivity contribution in [1.82, 2.24) is 5.32 Å². The molecule has 4 fully saturated rings. The van der Waals surface area contributed by atoms with Crippen molar-refractivity contribution in [2.24, 2.45) is 29.1 Å². The minimum atomic E-state index is -0.0246. The van der Waals surface area contributed by atoms with E-state index < -0.39 is 0 Å². The first-order valence-corrected chi connectivity index (χ1v) is 8.83. The van der Waals surface area contributed by atoms with E-state index in [0.717, 1.165) is 43.4 Å². The Kier molecular flexibility index (Phi) is 4.05. The lowest BCUT2D eigenvalue weighted by Gasteiger charge is -2.55. The molecule has 4 aliphatic carbocycles. The quantitative estimate of drug-likeness (QED) is 0.764. The molecule has 4 bridgehead atoms. The van der Waals surface area contributed by atoms with Gasteiger partial charge in [0.25, 0.3) is 0 Å². The maximum atomic E-state index is 12.7. The molecule has 1 unspecified atom stereocenters. The minimum absolute atomic E-state index is 0.0246. The molecule has 0 aromatic carbocycles. The minimum Gasteiger partial charge on any atom is -0.354 e. The highest BCUT2D eigenvalue weighted by atomic mass is 35.5. The van der Waals surface area contributed by atoms with Gasteiger partial charge in [0.1, 0.15) is 0 Å². The molecule has 1 amide bonds. The van der Waals surface area contributed by atoms with Gasteiger partial charge in [-0.3, -0.25) is 4.79 Å². The molecule has 1 N–H and O–H groups in total. The number of carbonyl (C=O) groups is 1. The largest absolute Gasteiger partial charge is 0.354 e. The smallest absolute Gasteiger partial charge is 0.226 e. The number of halogens is 1. The van der Waals surface area contributed by atoms with E-state index >= 15 is 0 Å². The van der Waals surface area contributed by atoms with Gasteiger partial charge in [0.15, 0.2) is 0 Å². The van der Waals surface area contributed by atoms with Crippen molar-refractivity contribution in [2.45, 2.75) is 64.2 Å². The van der Waals surface area contributed by atoms with Crippen molar-refractivity contribution in [3.8, 4) is 0 Å². The summed E-state index contributed by atoms with van der Waals surface area (Å²) in [4.78, 5) is 12.7. The average Bonchev–Trinajstić information content (AvgIpc) is 2.33. The fraction of sp³-hybridized carbons (Fsp3) is 0.941. The SMILES string of the molecule is CC(C)CC(Cl)CNC(=O)C12CC3CC(CC(C3)C1)C2. The molecule has 0 spiro atoms. The normalized spacial score (nSPS) is 40.1. The predicted octanol–water partition coefficient (Wildman–Crippen LogP) is 3.97. The monoisotopic (exact) mass is 297 g/mol. The highest BCUT2D eigenvalue weighted by molar-refractivity contribution is 6.20. The van der Waals surface area contributed by atoms with Crippen LogP contribution in [0.4, 0.5) is 0 Å². The van der Waals surface area contributed by atoms with Crippen LogP contribution in [0.15, 0.2) is 0 Å². The van der Waals surface area contributed by atoms with E-state index in [4.69, 9.17) is 11.6 Å². The molecule has 114 valence electrons. The maximum Gasteiger partial charge on any atom is 0.226 e. The van der Waals surface area contributed by atoms with Gasteiger partial charge in [-0.25, -0.2) is 0 Å². The zero-order valence-corrected chi connectivity index (χ0v) is 13.6. The van der Waals surface area contributed by atoms with Crippen molar-refractivity contribution in [3.63, 3.8) is 0 Å². The van der Waals surface area contributed by atoms with Crippen LogP contribution in [-0.2, 0) is 4.79 Å². The van der Waals surface area contributed by atoms with E-state index in [2.05, 4.69) is 19.2 Å². The Morgan fingerprint density at radius 2 is 1.65 bits per heavy atom. The van der Waals surface area contributed by atoms with E-state index in [1.807, 2.05) is 0 Å². The Balaban J connectivity index is 1.57. The molecule has 3 heteroatoms. The van der Waals surface area contributed by atoms with Crippen LogP contribution in [0.3, 0.4) is 0 Å². The second-order valence-electron chi connectivity index (χ2n) is 8.13. The predicted molar refractivity (Wildman–Crippen MR) is 82.7 cm³/mol. The van der Waals surface area contributed by atoms with Crippen molar-refractivity contribution in [2.75, 3.05) is 6.54 Å². The summed E-state index contributed by atoms with van der Waals surface area (Å²) in [6.45, 7) is 4.99. The van der Waals surface area contributed by atoms with Gasteiger partial charge in [-0.1, -0.05) is 13.8 Å². The molecular weight excluding hydrogens is 270 g/mol. The van der Waals surface area contributed by atoms with E-state index in [9.17, 15) is 4.79 Å². The molecule has 0 aliphatic heterocycles. The van der Waals surface area contributed by atoms with Gasteiger partial charge in [-0.2, -0.15) is 0 Å². The van der Waals surface area contributed by atoms with Gasteiger partial charge in [0, 0.05) is 12.0 Å². The Morgan fingerprint density at radius 3 is 2.10 bits per heavy atom. The standard InChI is InChI=1S/C17H28ClNO/c1-11(2)3-15(18)10-19-16(20)17-7-12-4-13(8-17)6-14(5-12)9-17/h11-15H,3-10H2,1-2H3,(H,19,20). The molecule has 1 atom stereocenters. The lowest BCUT2D eigenvalue weighted by atomic mass is 9.49. The van der Waals surface area contributed by atoms with Crippen LogP contribution in [0.1, 0.15) is 58.8 Å². The number of hydrogen-bond donors (Lipinski definition) is 1. The van der Waals surface area contributed by atoms with E-state index in [1.54, 1.807) is 0 Å². The summed E-state index contributed by atoms with van der Waals surface area (Å²) in [5, 5.41) is 3.25. The summed E-state index contributed by atoms with van der Waals surface area (Å²) in [5.41, 5.74) is -0.0246. The number of carbonyl (C=O) groups excluding carboxylic acids is 1. The highest BCUT2D eigenvalue weighted by Gasteiger charge is 2.54. The van der Waals surface area contributed by atoms with Gasteiger partial charge < -0.3 is 5.32 Å². The average molecular weight is 298 g/mol. The molecule has 0 aromatic heterocycles. The van der Waals surface area contributed by atoms with Crippen molar-refractivity contribution in [3.05, 3.63) is 0 Å². The van der Waals surface area contributed by atoms with Gasteiger partial charge in [0.2, 0.25) is 5.91 Å². The van der Waals surface area contributed by atoms with E-state index in [0.29, 0.717) is 18.4 Å². The Hall–Kier alpha value is -0.240. The maximum absolute atomic E-state index is 12.7. The van der Waals surface area contributed by atoms with Crippen LogP contribution >= 0.6 is 11.6 Å². The molecule has 20 heavy (non-hydrogen) atoms. The van der Waals surface area contributed by atoms with Gasteiger partial charge in [0.05, 0.1) is 5.38 Å². The second kappa shape index (κ2) is 5.51. The molecule has 0 radical (unpaired) electrons. The summed E-state index contributed by atoms with van der Waals surface area (Å²) >= 11 is 6.31. The van der Waals surface area contributed by atoms with E-state index in [-0.39, 0.29) is 10.8 Å². The Bertz CT molecular complexity index is 344. The zero-order chi connectivity index (χ0) is 14.3. The number of amides is 1. The third-order valence-electron chi connectivity index (χ3n) is 5.73. The molecule has 0 aromatic rings. The molecule has 0 heterocycles. The zero-order valence-electron chi connectivity index (χ0n) is 12.8. The molecule has 2 nitrogen and oxygen atoms in total. The summed E-state index contributed by atoms with van der Waals surface area (Å²) < 4.78 is 0. The number of alkyl halides is 1. The summed E-state index contributed by atoms with van der Waals surface area (Å²) in [5.74, 6) is 3.39. The highest BCUT2D eigenvalue weighted by Crippen LogP contribution is 2.60. The topological polar surface area (TPSA) is 29.1 Å². The summed E-state index contributed by atoms with van der Waals surface area (Å²) in [7, 11) is 0. The van der Waals surface area contributed by atoms with Gasteiger partial charge in [-0.05, 0) is 68.6 Å². The first-order valence-electron chi connectivity index (χ1n) is 8.39. The molecule has 4 aliphatic rings. The van der Waals surface area contributed by atoms with Crippen LogP contribution in [0.25, 0.3) is 0 Å². The van der Waals surface area contributed by atoms with Gasteiger partial charge >= 0.3 is 0 Å². The molecule has 4 rings (SSSR count). The number of rotatable bonds is 5. The Morgan fingerprint density at radius 1 is 1.15 bits per heavy atom. The third-order valence-corrected chi connectivity index (χ3v) is 6.06. The fourth-order valence-electron chi connectivity index (χ4n) is 5.37. The fourth-order valence-corrected chi connectivity index (χ4v) is 5.81. The molecular formula is C17H28ClNO. The number of hydrogen-bond acceptors (Lipinski definition) is 1. The second-order valence-corrected chi connectivity index (χ2v) is 8.75. The lowest BCUT2D eigenvalue weighted by Crippen LogP contribution is -2.54. The van der Waals surface area contributed by atoms with Crippen LogP contribution < -0.4 is 5.32 Å². The molecule has 4 saturated carbocycles. The van der Waals surface area contributed by atoms with Crippen molar-refractivity contribution in [1.29, 1.82) is 0 Å². The van der Waals surface area contributed by atoms with Crippen LogP contribution in [-0.4, -0.2) is 17.8 Å².